The van der Waals surface area contributed by atoms with Crippen LogP contribution in [-0.2, 0) is 5.75 Å². The van der Waals surface area contributed by atoms with Gasteiger partial charge in [-0.3, -0.25) is 14.5 Å². The van der Waals surface area contributed by atoms with Gasteiger partial charge in [-0.05, 0) is 54.4 Å². The highest BCUT2D eigenvalue weighted by molar-refractivity contribution is 7.98. The predicted molar refractivity (Wildman–Crippen MR) is 121 cm³/mol. The van der Waals surface area contributed by atoms with Gasteiger partial charge in [0.05, 0.1) is 11.2 Å². The molecule has 0 aliphatic carbocycles. The maximum Gasteiger partial charge on any atom is 0.196 e. The molecule has 5 nitrogen and oxygen atoms in total. The molecule has 7 heteroatoms. The molecule has 5 rings (SSSR count). The van der Waals surface area contributed by atoms with Gasteiger partial charge in [0.2, 0.25) is 0 Å². The lowest BCUT2D eigenvalue weighted by Crippen LogP contribution is -2.02. The van der Waals surface area contributed by atoms with E-state index in [9.17, 15) is 4.39 Å². The lowest BCUT2D eigenvalue weighted by atomic mass is 10.1. The van der Waals surface area contributed by atoms with Crippen molar-refractivity contribution in [3.63, 3.8) is 0 Å². The van der Waals surface area contributed by atoms with Gasteiger partial charge in [-0.25, -0.2) is 4.39 Å². The first-order chi connectivity index (χ1) is 15.2. The molecule has 3 heterocycles. The number of rotatable bonds is 5. The Morgan fingerprint density at radius 2 is 1.81 bits per heavy atom. The molecule has 31 heavy (non-hydrogen) atoms. The van der Waals surface area contributed by atoms with Gasteiger partial charge in [-0.15, -0.1) is 10.2 Å². The molecule has 5 aromatic rings. The minimum atomic E-state index is -0.265. The Morgan fingerprint density at radius 3 is 2.65 bits per heavy atom. The predicted octanol–water partition coefficient (Wildman–Crippen LogP) is 5.62. The number of fused-ring (bicyclic) bond motifs is 1. The molecular weight excluding hydrogens is 409 g/mol. The van der Waals surface area contributed by atoms with Crippen LogP contribution in [0.4, 0.5) is 4.39 Å². The highest BCUT2D eigenvalue weighted by atomic mass is 32.2. The van der Waals surface area contributed by atoms with E-state index in [1.165, 1.54) is 6.07 Å². The average Bonchev–Trinajstić information content (AvgIpc) is 3.23. The Morgan fingerprint density at radius 1 is 0.935 bits per heavy atom. The van der Waals surface area contributed by atoms with Crippen LogP contribution in [0.1, 0.15) is 11.1 Å². The topological polar surface area (TPSA) is 56.5 Å². The fourth-order valence-corrected chi connectivity index (χ4v) is 4.46. The molecule has 2 aromatic carbocycles. The van der Waals surface area contributed by atoms with E-state index < -0.39 is 0 Å². The zero-order chi connectivity index (χ0) is 21.2. The molecule has 0 spiro atoms. The van der Waals surface area contributed by atoms with Crippen molar-refractivity contribution < 1.29 is 4.39 Å². The number of thioether (sulfide) groups is 1. The van der Waals surface area contributed by atoms with Gasteiger partial charge in [-0.1, -0.05) is 36.0 Å². The van der Waals surface area contributed by atoms with E-state index in [-0.39, 0.29) is 5.82 Å². The number of para-hydroxylation sites is 1. The largest absolute Gasteiger partial charge is 0.270 e. The van der Waals surface area contributed by atoms with Gasteiger partial charge in [-0.2, -0.15) is 0 Å². The molecule has 152 valence electrons. The second-order valence-corrected chi connectivity index (χ2v) is 8.01. The molecular formula is C24H18FN5S. The summed E-state index contributed by atoms with van der Waals surface area (Å²) in [5.41, 5.74) is 4.63. The van der Waals surface area contributed by atoms with E-state index in [0.29, 0.717) is 16.7 Å². The fraction of sp³-hybridized carbons (Fsp3) is 0.0833. The summed E-state index contributed by atoms with van der Waals surface area (Å²) in [6.07, 6.45) is 5.21. The van der Waals surface area contributed by atoms with E-state index in [1.54, 1.807) is 48.6 Å². The SMILES string of the molecule is Cc1ccccc1-n1c(SCc2ccc(F)c3cccnc23)nnc1-c1cccnc1. The van der Waals surface area contributed by atoms with Crippen LogP contribution in [0.5, 0.6) is 0 Å². The third-order valence-electron chi connectivity index (χ3n) is 5.07. The van der Waals surface area contributed by atoms with Crippen molar-refractivity contribution >= 4 is 22.7 Å². The number of hydrogen-bond donors (Lipinski definition) is 0. The van der Waals surface area contributed by atoms with E-state index in [0.717, 1.165) is 33.4 Å². The minimum Gasteiger partial charge on any atom is -0.270 e. The van der Waals surface area contributed by atoms with Crippen molar-refractivity contribution in [3.8, 4) is 17.1 Å². The molecule has 0 fully saturated rings. The number of halogens is 1. The zero-order valence-corrected chi connectivity index (χ0v) is 17.6. The van der Waals surface area contributed by atoms with Gasteiger partial charge >= 0.3 is 0 Å². The van der Waals surface area contributed by atoms with Crippen molar-refractivity contribution in [3.05, 3.63) is 96.2 Å². The van der Waals surface area contributed by atoms with Gasteiger partial charge in [0.1, 0.15) is 5.82 Å². The first-order valence-corrected chi connectivity index (χ1v) is 10.8. The quantitative estimate of drug-likeness (QED) is 0.341. The first-order valence-electron chi connectivity index (χ1n) is 9.79. The van der Waals surface area contributed by atoms with Crippen molar-refractivity contribution in [1.29, 1.82) is 0 Å². The molecule has 0 bridgehead atoms. The molecule has 0 unspecified atom stereocenters. The number of aryl methyl sites for hydroxylation is 1. The maximum atomic E-state index is 14.2. The Hall–Kier alpha value is -3.58. The lowest BCUT2D eigenvalue weighted by Gasteiger charge is -2.13. The molecule has 0 aliphatic heterocycles. The smallest absolute Gasteiger partial charge is 0.196 e. The summed E-state index contributed by atoms with van der Waals surface area (Å²) in [5.74, 6) is 1.05. The first kappa shape index (κ1) is 19.4. The summed E-state index contributed by atoms with van der Waals surface area (Å²) in [6.45, 7) is 2.06. The molecule has 0 amide bonds. The van der Waals surface area contributed by atoms with Crippen LogP contribution >= 0.6 is 11.8 Å². The maximum absolute atomic E-state index is 14.2. The number of aromatic nitrogens is 5. The fourth-order valence-electron chi connectivity index (χ4n) is 3.53. The molecule has 3 aromatic heterocycles. The molecule has 0 atom stereocenters. The van der Waals surface area contributed by atoms with Crippen molar-refractivity contribution in [2.45, 2.75) is 17.8 Å². The third kappa shape index (κ3) is 3.68. The number of hydrogen-bond acceptors (Lipinski definition) is 5. The summed E-state index contributed by atoms with van der Waals surface area (Å²) < 4.78 is 16.2. The van der Waals surface area contributed by atoms with E-state index in [4.69, 9.17) is 0 Å². The Kier molecular flexibility index (Phi) is 5.18. The molecule has 0 saturated heterocycles. The summed E-state index contributed by atoms with van der Waals surface area (Å²) in [4.78, 5) is 8.63. The minimum absolute atomic E-state index is 0.265. The van der Waals surface area contributed by atoms with E-state index >= 15 is 0 Å². The Balaban J connectivity index is 1.57. The van der Waals surface area contributed by atoms with Gasteiger partial charge in [0.25, 0.3) is 0 Å². The van der Waals surface area contributed by atoms with E-state index in [1.807, 2.05) is 24.3 Å². The molecule has 0 aliphatic rings. The van der Waals surface area contributed by atoms with Crippen molar-refractivity contribution in [2.24, 2.45) is 0 Å². The van der Waals surface area contributed by atoms with Gasteiger partial charge in [0.15, 0.2) is 11.0 Å². The second-order valence-electron chi connectivity index (χ2n) is 7.06. The normalized spacial score (nSPS) is 11.2. The van der Waals surface area contributed by atoms with Crippen LogP contribution in [-0.4, -0.2) is 24.7 Å². The van der Waals surface area contributed by atoms with Gasteiger partial charge in [0, 0.05) is 35.3 Å². The van der Waals surface area contributed by atoms with Crippen molar-refractivity contribution in [2.75, 3.05) is 0 Å². The summed E-state index contributed by atoms with van der Waals surface area (Å²) in [7, 11) is 0. The summed E-state index contributed by atoms with van der Waals surface area (Å²) in [6, 6.07) is 18.8. The lowest BCUT2D eigenvalue weighted by molar-refractivity contribution is 0.639. The van der Waals surface area contributed by atoms with Crippen LogP contribution in [0.2, 0.25) is 0 Å². The molecule has 0 radical (unpaired) electrons. The van der Waals surface area contributed by atoms with Gasteiger partial charge < -0.3 is 0 Å². The second kappa shape index (κ2) is 8.28. The monoisotopic (exact) mass is 427 g/mol. The number of benzene rings is 2. The number of pyridine rings is 2. The van der Waals surface area contributed by atoms with Crippen LogP contribution in [0.3, 0.4) is 0 Å². The van der Waals surface area contributed by atoms with E-state index in [2.05, 4.69) is 43.8 Å². The zero-order valence-electron chi connectivity index (χ0n) is 16.7. The van der Waals surface area contributed by atoms with Crippen LogP contribution in [0, 0.1) is 12.7 Å². The summed E-state index contributed by atoms with van der Waals surface area (Å²) in [5, 5.41) is 10.2. The Bertz CT molecular complexity index is 1370. The standard InChI is InChI=1S/C24H18FN5S/c1-16-6-2-3-9-21(16)30-23(17-7-4-12-26-14-17)28-29-24(30)31-15-18-10-11-20(25)19-8-5-13-27-22(18)19/h2-14H,15H2,1H3. The third-order valence-corrected chi connectivity index (χ3v) is 6.04. The van der Waals surface area contributed by atoms with Crippen LogP contribution in [0.25, 0.3) is 28.0 Å². The summed E-state index contributed by atoms with van der Waals surface area (Å²) >= 11 is 1.55. The molecule has 0 saturated carbocycles. The Labute approximate surface area is 183 Å². The highest BCUT2D eigenvalue weighted by Crippen LogP contribution is 2.32. The molecule has 0 N–H and O–H groups in total. The van der Waals surface area contributed by atoms with Crippen LogP contribution in [0.15, 0.2) is 84.4 Å². The van der Waals surface area contributed by atoms with Crippen LogP contribution < -0.4 is 0 Å². The highest BCUT2D eigenvalue weighted by Gasteiger charge is 2.18. The van der Waals surface area contributed by atoms with Crippen molar-refractivity contribution in [1.82, 2.24) is 24.7 Å². The number of nitrogens with zero attached hydrogens (tertiary/aromatic N) is 5. The average molecular weight is 428 g/mol.